The van der Waals surface area contributed by atoms with Crippen molar-refractivity contribution in [1.29, 1.82) is 0 Å². The maximum absolute atomic E-state index is 12.3. The van der Waals surface area contributed by atoms with E-state index in [1.807, 2.05) is 29.6 Å². The van der Waals surface area contributed by atoms with Crippen LogP contribution in [-0.4, -0.2) is 40.6 Å². The molecule has 1 amide bonds. The van der Waals surface area contributed by atoms with Crippen molar-refractivity contribution in [1.82, 2.24) is 20.4 Å². The maximum Gasteiger partial charge on any atom is 0.226 e. The van der Waals surface area contributed by atoms with E-state index in [0.29, 0.717) is 37.5 Å². The highest BCUT2D eigenvalue weighted by atomic mass is 32.1. The molecule has 0 fully saturated rings. The van der Waals surface area contributed by atoms with Crippen LogP contribution in [0.2, 0.25) is 0 Å². The molecule has 1 N–H and O–H groups in total. The van der Waals surface area contributed by atoms with Crippen LogP contribution < -0.4 is 5.32 Å². The lowest BCUT2D eigenvalue weighted by Crippen LogP contribution is -2.37. The molecule has 3 heterocycles. The van der Waals surface area contributed by atoms with Crippen LogP contribution in [0, 0.1) is 0 Å². The molecule has 0 aromatic carbocycles. The van der Waals surface area contributed by atoms with Gasteiger partial charge in [0, 0.05) is 19.4 Å². The number of thiophene rings is 1. The van der Waals surface area contributed by atoms with Crippen molar-refractivity contribution in [3.05, 3.63) is 47.6 Å². The van der Waals surface area contributed by atoms with Crippen LogP contribution in [0.25, 0.3) is 10.7 Å². The van der Waals surface area contributed by atoms with Crippen molar-refractivity contribution in [2.24, 2.45) is 0 Å². The van der Waals surface area contributed by atoms with E-state index >= 15 is 0 Å². The highest BCUT2D eigenvalue weighted by molar-refractivity contribution is 7.13. The number of furan rings is 1. The van der Waals surface area contributed by atoms with E-state index in [1.165, 1.54) is 0 Å². The van der Waals surface area contributed by atoms with Crippen LogP contribution >= 0.6 is 11.3 Å². The van der Waals surface area contributed by atoms with E-state index in [-0.39, 0.29) is 11.9 Å². The zero-order chi connectivity index (χ0) is 19.8. The first kappa shape index (κ1) is 20.3. The smallest absolute Gasteiger partial charge is 0.226 e. The summed E-state index contributed by atoms with van der Waals surface area (Å²) >= 11 is 1.57. The number of carbonyl (C=O) groups excluding carboxylic acids is 1. The van der Waals surface area contributed by atoms with Gasteiger partial charge < -0.3 is 14.3 Å². The molecule has 0 radical (unpaired) electrons. The number of aryl methyl sites for hydroxylation is 1. The number of carbonyl (C=O) groups is 1. The number of nitrogens with zero attached hydrogens (tertiary/aromatic N) is 3. The number of likely N-dealkylation sites (N-methyl/N-ethyl adjacent to an activating group) is 1. The highest BCUT2D eigenvalue weighted by Crippen LogP contribution is 2.22. The fourth-order valence-corrected chi connectivity index (χ4v) is 3.77. The van der Waals surface area contributed by atoms with Crippen LogP contribution in [0.4, 0.5) is 0 Å². The first-order valence-electron chi connectivity index (χ1n) is 9.61. The molecule has 8 heteroatoms. The minimum absolute atomic E-state index is 0.0155. The zero-order valence-electron chi connectivity index (χ0n) is 16.3. The third kappa shape index (κ3) is 5.30. The normalized spacial score (nSPS) is 12.4. The lowest BCUT2D eigenvalue weighted by molar-refractivity contribution is -0.121. The topological polar surface area (TPSA) is 84.4 Å². The second kappa shape index (κ2) is 10.2. The first-order valence-corrected chi connectivity index (χ1v) is 10.5. The van der Waals surface area contributed by atoms with Crippen molar-refractivity contribution in [3.63, 3.8) is 0 Å². The Morgan fingerprint density at radius 2 is 2.14 bits per heavy atom. The Morgan fingerprint density at radius 1 is 1.29 bits per heavy atom. The highest BCUT2D eigenvalue weighted by Gasteiger charge is 2.21. The number of rotatable bonds is 11. The summed E-state index contributed by atoms with van der Waals surface area (Å²) < 4.78 is 10.8. The average molecular weight is 403 g/mol. The van der Waals surface area contributed by atoms with Gasteiger partial charge in [0.15, 0.2) is 0 Å². The number of hydrogen-bond donors (Lipinski definition) is 1. The van der Waals surface area contributed by atoms with Crippen LogP contribution in [-0.2, 0) is 11.2 Å². The Bertz CT molecular complexity index is 826. The Labute approximate surface area is 168 Å². The number of aromatic nitrogens is 2. The van der Waals surface area contributed by atoms with E-state index in [2.05, 4.69) is 34.2 Å². The SMILES string of the molecule is CCN(CC)C(CNC(=O)CCCc1nc(-c2cccs2)no1)c1ccco1. The predicted octanol–water partition coefficient (Wildman–Crippen LogP) is 3.91. The largest absolute Gasteiger partial charge is 0.468 e. The summed E-state index contributed by atoms with van der Waals surface area (Å²) in [6.07, 6.45) is 3.33. The molecule has 1 atom stereocenters. The molecule has 3 aromatic heterocycles. The van der Waals surface area contributed by atoms with E-state index in [1.54, 1.807) is 17.6 Å². The number of amides is 1. The second-order valence-electron chi connectivity index (χ2n) is 6.40. The molecule has 0 aliphatic carbocycles. The standard InChI is InChI=1S/C20H26N4O3S/c1-3-24(4-2)15(16-8-6-12-26-16)14-21-18(25)10-5-11-19-22-20(23-27-19)17-9-7-13-28-17/h6-9,12-13,15H,3-5,10-11,14H2,1-2H3,(H,21,25). The van der Waals surface area contributed by atoms with Gasteiger partial charge in [-0.15, -0.1) is 11.3 Å². The van der Waals surface area contributed by atoms with E-state index < -0.39 is 0 Å². The molecule has 150 valence electrons. The molecular formula is C20H26N4O3S. The van der Waals surface area contributed by atoms with Gasteiger partial charge in [0.25, 0.3) is 0 Å². The lowest BCUT2D eigenvalue weighted by Gasteiger charge is -2.28. The quantitative estimate of drug-likeness (QED) is 0.523. The maximum atomic E-state index is 12.3. The molecular weight excluding hydrogens is 376 g/mol. The fourth-order valence-electron chi connectivity index (χ4n) is 3.12. The summed E-state index contributed by atoms with van der Waals surface area (Å²) in [6.45, 7) is 6.52. The van der Waals surface area contributed by atoms with Crippen LogP contribution in [0.1, 0.15) is 44.4 Å². The Hall–Kier alpha value is -2.45. The van der Waals surface area contributed by atoms with Crippen molar-refractivity contribution in [3.8, 4) is 10.7 Å². The third-order valence-corrected chi connectivity index (χ3v) is 5.49. The predicted molar refractivity (Wildman–Crippen MR) is 108 cm³/mol. The summed E-state index contributed by atoms with van der Waals surface area (Å²) in [5.74, 6) is 2.06. The van der Waals surface area contributed by atoms with E-state index in [4.69, 9.17) is 8.94 Å². The van der Waals surface area contributed by atoms with Crippen LogP contribution in [0.3, 0.4) is 0 Å². The monoisotopic (exact) mass is 402 g/mol. The minimum Gasteiger partial charge on any atom is -0.468 e. The van der Waals surface area contributed by atoms with Gasteiger partial charge in [0.2, 0.25) is 17.6 Å². The molecule has 3 rings (SSSR count). The van der Waals surface area contributed by atoms with Gasteiger partial charge in [-0.05, 0) is 43.1 Å². The van der Waals surface area contributed by atoms with E-state index in [9.17, 15) is 4.79 Å². The van der Waals surface area contributed by atoms with E-state index in [0.717, 1.165) is 23.7 Å². The lowest BCUT2D eigenvalue weighted by atomic mass is 10.1. The summed E-state index contributed by atoms with van der Waals surface area (Å²) in [5, 5.41) is 8.99. The van der Waals surface area contributed by atoms with Crippen molar-refractivity contribution >= 4 is 17.2 Å². The van der Waals surface area contributed by atoms with Crippen LogP contribution in [0.5, 0.6) is 0 Å². The Morgan fingerprint density at radius 3 is 2.82 bits per heavy atom. The molecule has 7 nitrogen and oxygen atoms in total. The molecule has 1 unspecified atom stereocenters. The molecule has 0 spiro atoms. The minimum atomic E-state index is 0.0155. The molecule has 0 saturated carbocycles. The number of nitrogens with one attached hydrogen (secondary N) is 1. The molecule has 0 saturated heterocycles. The van der Waals surface area contributed by atoms with Crippen molar-refractivity contribution < 1.29 is 13.7 Å². The average Bonchev–Trinajstić information content (AvgIpc) is 3.47. The molecule has 0 aliphatic heterocycles. The van der Waals surface area contributed by atoms with Crippen molar-refractivity contribution in [2.45, 2.75) is 39.2 Å². The summed E-state index contributed by atoms with van der Waals surface area (Å²) in [4.78, 5) is 19.9. The molecule has 0 aliphatic rings. The van der Waals surface area contributed by atoms with Gasteiger partial charge in [0.1, 0.15) is 5.76 Å². The van der Waals surface area contributed by atoms with Gasteiger partial charge in [-0.2, -0.15) is 4.98 Å². The molecule has 0 bridgehead atoms. The van der Waals surface area contributed by atoms with Gasteiger partial charge >= 0.3 is 0 Å². The van der Waals surface area contributed by atoms with Gasteiger partial charge in [-0.1, -0.05) is 25.1 Å². The molecule has 3 aromatic rings. The van der Waals surface area contributed by atoms with Crippen LogP contribution in [0.15, 0.2) is 44.8 Å². The van der Waals surface area contributed by atoms with Gasteiger partial charge in [-0.25, -0.2) is 0 Å². The fraction of sp³-hybridized carbons (Fsp3) is 0.450. The summed E-state index contributed by atoms with van der Waals surface area (Å²) in [7, 11) is 0. The zero-order valence-corrected chi connectivity index (χ0v) is 17.1. The summed E-state index contributed by atoms with van der Waals surface area (Å²) in [5.41, 5.74) is 0. The van der Waals surface area contributed by atoms with Gasteiger partial charge in [-0.3, -0.25) is 9.69 Å². The summed E-state index contributed by atoms with van der Waals surface area (Å²) in [6, 6.07) is 7.78. The van der Waals surface area contributed by atoms with Gasteiger partial charge in [0.05, 0.1) is 17.2 Å². The van der Waals surface area contributed by atoms with Crippen molar-refractivity contribution in [2.75, 3.05) is 19.6 Å². The second-order valence-corrected chi connectivity index (χ2v) is 7.35. The molecule has 28 heavy (non-hydrogen) atoms. The Balaban J connectivity index is 1.45. The number of hydrogen-bond acceptors (Lipinski definition) is 7. The first-order chi connectivity index (χ1) is 13.7. The Kier molecular flexibility index (Phi) is 7.39. The third-order valence-electron chi connectivity index (χ3n) is 4.62.